The summed E-state index contributed by atoms with van der Waals surface area (Å²) in [4.78, 5) is 11.1. The van der Waals surface area contributed by atoms with Crippen molar-refractivity contribution in [2.24, 2.45) is 18.7 Å². The van der Waals surface area contributed by atoms with E-state index < -0.39 is 27.7 Å². The molecule has 0 aliphatic carbocycles. The molecular formula is C18H21F3N4O3S. The van der Waals surface area contributed by atoms with Gasteiger partial charge >= 0.3 is 6.18 Å². The standard InChI is InChI=1S/C18H21F3N4O3S/c1-24-11-15(17(22)26)16(23-24)9-12-5-7-25(8-6-12)29(27,28)14-4-2-3-13(10-14)18(19,20)21/h2-4,10-12H,5-9H2,1H3,(H2,22,26). The smallest absolute Gasteiger partial charge is 0.365 e. The summed E-state index contributed by atoms with van der Waals surface area (Å²) in [6, 6.07) is 3.77. The average Bonchev–Trinajstić information content (AvgIpc) is 3.02. The molecule has 1 aliphatic rings. The number of alkyl halides is 3. The van der Waals surface area contributed by atoms with Crippen LogP contribution in [0.2, 0.25) is 0 Å². The van der Waals surface area contributed by atoms with E-state index in [1.54, 1.807) is 13.2 Å². The molecule has 1 aromatic heterocycles. The molecule has 1 aliphatic heterocycles. The molecule has 11 heteroatoms. The second-order valence-corrected chi connectivity index (χ2v) is 9.04. The molecule has 2 aromatic rings. The first-order valence-electron chi connectivity index (χ1n) is 8.98. The van der Waals surface area contributed by atoms with Gasteiger partial charge in [-0.2, -0.15) is 22.6 Å². The highest BCUT2D eigenvalue weighted by atomic mass is 32.2. The SMILES string of the molecule is Cn1cc(C(N)=O)c(CC2CCN(S(=O)(=O)c3cccc(C(F)(F)F)c3)CC2)n1. The number of benzene rings is 1. The van der Waals surface area contributed by atoms with Crippen molar-refractivity contribution in [1.29, 1.82) is 0 Å². The molecule has 0 saturated carbocycles. The fourth-order valence-corrected chi connectivity index (χ4v) is 5.02. The number of sulfonamides is 1. The molecule has 7 nitrogen and oxygen atoms in total. The molecule has 2 heterocycles. The second kappa shape index (κ2) is 7.79. The van der Waals surface area contributed by atoms with E-state index in [1.807, 2.05) is 0 Å². The third kappa shape index (κ3) is 4.61. The topological polar surface area (TPSA) is 98.3 Å². The van der Waals surface area contributed by atoms with Gasteiger partial charge in [0.05, 0.1) is 21.7 Å². The van der Waals surface area contributed by atoms with Crippen molar-refractivity contribution in [1.82, 2.24) is 14.1 Å². The lowest BCUT2D eigenvalue weighted by Crippen LogP contribution is -2.39. The Hall–Kier alpha value is -2.40. The third-order valence-electron chi connectivity index (χ3n) is 5.03. The van der Waals surface area contributed by atoms with Gasteiger partial charge in [-0.25, -0.2) is 8.42 Å². The van der Waals surface area contributed by atoms with Crippen molar-refractivity contribution in [3.63, 3.8) is 0 Å². The minimum absolute atomic E-state index is 0.0935. The van der Waals surface area contributed by atoms with E-state index >= 15 is 0 Å². The lowest BCUT2D eigenvalue weighted by molar-refractivity contribution is -0.137. The number of amides is 1. The Morgan fingerprint density at radius 1 is 1.28 bits per heavy atom. The number of aryl methyl sites for hydroxylation is 1. The molecule has 1 aromatic carbocycles. The van der Waals surface area contributed by atoms with Crippen molar-refractivity contribution in [3.8, 4) is 0 Å². The van der Waals surface area contributed by atoms with Crippen molar-refractivity contribution < 1.29 is 26.4 Å². The van der Waals surface area contributed by atoms with Crippen molar-refractivity contribution in [2.45, 2.75) is 30.3 Å². The summed E-state index contributed by atoms with van der Waals surface area (Å²) in [6.45, 7) is 0.365. The number of carbonyl (C=O) groups is 1. The number of hydrogen-bond donors (Lipinski definition) is 1. The molecule has 2 N–H and O–H groups in total. The number of piperidine rings is 1. The Morgan fingerprint density at radius 3 is 2.52 bits per heavy atom. The fraction of sp³-hybridized carbons (Fsp3) is 0.444. The summed E-state index contributed by atoms with van der Waals surface area (Å²) < 4.78 is 66.9. The molecule has 0 radical (unpaired) electrons. The van der Waals surface area contributed by atoms with Crippen LogP contribution in [0.3, 0.4) is 0 Å². The van der Waals surface area contributed by atoms with Crippen LogP contribution in [-0.4, -0.2) is 41.5 Å². The second-order valence-electron chi connectivity index (χ2n) is 7.10. The number of aromatic nitrogens is 2. The Morgan fingerprint density at radius 2 is 1.93 bits per heavy atom. The van der Waals surface area contributed by atoms with Crippen molar-refractivity contribution in [2.75, 3.05) is 13.1 Å². The van der Waals surface area contributed by atoms with Gasteiger partial charge in [0.25, 0.3) is 5.91 Å². The van der Waals surface area contributed by atoms with Gasteiger partial charge in [0.1, 0.15) is 0 Å². The highest BCUT2D eigenvalue weighted by Crippen LogP contribution is 2.32. The van der Waals surface area contributed by atoms with E-state index in [2.05, 4.69) is 5.10 Å². The van der Waals surface area contributed by atoms with Gasteiger partial charge in [-0.3, -0.25) is 9.48 Å². The summed E-state index contributed by atoms with van der Waals surface area (Å²) in [5, 5.41) is 4.25. The Kier molecular flexibility index (Phi) is 5.72. The van der Waals surface area contributed by atoms with Gasteiger partial charge in [0.15, 0.2) is 0 Å². The van der Waals surface area contributed by atoms with Gasteiger partial charge < -0.3 is 5.73 Å². The first kappa shape index (κ1) is 21.3. The van der Waals surface area contributed by atoms with Crippen LogP contribution in [0.15, 0.2) is 35.4 Å². The van der Waals surface area contributed by atoms with Crippen LogP contribution in [0, 0.1) is 5.92 Å². The van der Waals surface area contributed by atoms with Gasteiger partial charge in [-0.1, -0.05) is 6.07 Å². The monoisotopic (exact) mass is 430 g/mol. The van der Waals surface area contributed by atoms with E-state index in [1.165, 1.54) is 15.1 Å². The lowest BCUT2D eigenvalue weighted by atomic mass is 9.92. The number of rotatable bonds is 5. The Balaban J connectivity index is 1.70. The highest BCUT2D eigenvalue weighted by Gasteiger charge is 2.34. The molecule has 158 valence electrons. The third-order valence-corrected chi connectivity index (χ3v) is 6.92. The zero-order valence-electron chi connectivity index (χ0n) is 15.7. The van der Waals surface area contributed by atoms with E-state index in [9.17, 15) is 26.4 Å². The van der Waals surface area contributed by atoms with Crippen LogP contribution in [-0.2, 0) is 29.7 Å². The summed E-state index contributed by atoms with van der Waals surface area (Å²) in [7, 11) is -2.34. The van der Waals surface area contributed by atoms with Gasteiger partial charge in [0, 0.05) is 26.3 Å². The summed E-state index contributed by atoms with van der Waals surface area (Å²) in [6.07, 6.45) is -1.57. The quantitative estimate of drug-likeness (QED) is 0.786. The first-order chi connectivity index (χ1) is 13.5. The maximum atomic E-state index is 12.9. The summed E-state index contributed by atoms with van der Waals surface area (Å²) in [5.41, 5.74) is 5.27. The number of nitrogens with two attached hydrogens (primary N) is 1. The van der Waals surface area contributed by atoms with Gasteiger partial charge in [-0.05, 0) is 43.4 Å². The van der Waals surface area contributed by atoms with Crippen LogP contribution >= 0.6 is 0 Å². The number of primary amides is 1. The normalized spacial score (nSPS) is 16.8. The van der Waals surface area contributed by atoms with Crippen LogP contribution in [0.5, 0.6) is 0 Å². The van der Waals surface area contributed by atoms with Crippen LogP contribution in [0.25, 0.3) is 0 Å². The predicted octanol–water partition coefficient (Wildman–Crippen LogP) is 2.18. The minimum Gasteiger partial charge on any atom is -0.365 e. The van der Waals surface area contributed by atoms with Crippen LogP contribution < -0.4 is 5.73 Å². The number of nitrogens with zero attached hydrogens (tertiary/aromatic N) is 3. The largest absolute Gasteiger partial charge is 0.416 e. The summed E-state index contributed by atoms with van der Waals surface area (Å²) >= 11 is 0. The first-order valence-corrected chi connectivity index (χ1v) is 10.4. The van der Waals surface area contributed by atoms with Crippen molar-refractivity contribution in [3.05, 3.63) is 47.3 Å². The Bertz CT molecular complexity index is 1010. The van der Waals surface area contributed by atoms with Crippen LogP contribution in [0.4, 0.5) is 13.2 Å². The number of halogens is 3. The van der Waals surface area contributed by atoms with E-state index in [-0.39, 0.29) is 23.9 Å². The fourth-order valence-electron chi connectivity index (χ4n) is 3.50. The Labute approximate surface area is 166 Å². The van der Waals surface area contributed by atoms with E-state index in [0.717, 1.165) is 12.1 Å². The number of carbonyl (C=O) groups excluding carboxylic acids is 1. The maximum absolute atomic E-state index is 12.9. The molecular weight excluding hydrogens is 409 g/mol. The molecule has 1 amide bonds. The average molecular weight is 430 g/mol. The van der Waals surface area contributed by atoms with Crippen LogP contribution in [0.1, 0.15) is 34.5 Å². The molecule has 0 atom stereocenters. The minimum atomic E-state index is -4.61. The summed E-state index contributed by atoms with van der Waals surface area (Å²) in [5.74, 6) is -0.478. The number of hydrogen-bond acceptors (Lipinski definition) is 4. The zero-order chi connectivity index (χ0) is 21.4. The molecule has 0 bridgehead atoms. The molecule has 3 rings (SSSR count). The van der Waals surface area contributed by atoms with Gasteiger partial charge in [-0.15, -0.1) is 0 Å². The zero-order valence-corrected chi connectivity index (χ0v) is 16.5. The molecule has 1 fully saturated rings. The molecule has 1 saturated heterocycles. The maximum Gasteiger partial charge on any atom is 0.416 e. The highest BCUT2D eigenvalue weighted by molar-refractivity contribution is 7.89. The lowest BCUT2D eigenvalue weighted by Gasteiger charge is -2.31. The molecule has 0 unspecified atom stereocenters. The predicted molar refractivity (Wildman–Crippen MR) is 98.4 cm³/mol. The van der Waals surface area contributed by atoms with Crippen molar-refractivity contribution >= 4 is 15.9 Å². The van der Waals surface area contributed by atoms with E-state index in [4.69, 9.17) is 5.73 Å². The molecule has 29 heavy (non-hydrogen) atoms. The molecule has 0 spiro atoms. The van der Waals surface area contributed by atoms with E-state index in [0.29, 0.717) is 36.6 Å². The van der Waals surface area contributed by atoms with Gasteiger partial charge in [0.2, 0.25) is 10.0 Å².